The van der Waals surface area contributed by atoms with Crippen molar-refractivity contribution < 1.29 is 19.1 Å². The quantitative estimate of drug-likeness (QED) is 0.736. The number of hydrogen-bond donors (Lipinski definition) is 0. The second kappa shape index (κ2) is 5.18. The van der Waals surface area contributed by atoms with Crippen molar-refractivity contribution >= 4 is 29.1 Å². The standard InChI is InChI=1S/C19H18N2O4/c22-16-10-25-15-8-7-14(13-6-3-9-20(16)17(13)15)21-18(23)11-4-1-2-5-12(11)19(21)24/h7-8H,1-6,9-10H2. The van der Waals surface area contributed by atoms with Crippen molar-refractivity contribution in [2.75, 3.05) is 23.0 Å². The monoisotopic (exact) mass is 338 g/mol. The molecule has 0 unspecified atom stereocenters. The highest BCUT2D eigenvalue weighted by Crippen LogP contribution is 2.46. The van der Waals surface area contributed by atoms with Crippen molar-refractivity contribution in [1.29, 1.82) is 0 Å². The van der Waals surface area contributed by atoms with Gasteiger partial charge in [0.2, 0.25) is 0 Å². The summed E-state index contributed by atoms with van der Waals surface area (Å²) in [5.74, 6) is 0.226. The molecule has 3 aliphatic heterocycles. The zero-order valence-electron chi connectivity index (χ0n) is 13.8. The van der Waals surface area contributed by atoms with Gasteiger partial charge in [0.15, 0.2) is 6.61 Å². The summed E-state index contributed by atoms with van der Waals surface area (Å²) in [7, 11) is 0. The Labute approximate surface area is 145 Å². The van der Waals surface area contributed by atoms with Crippen LogP contribution in [0.3, 0.4) is 0 Å². The first kappa shape index (κ1) is 14.7. The van der Waals surface area contributed by atoms with Crippen molar-refractivity contribution in [3.8, 4) is 5.75 Å². The van der Waals surface area contributed by atoms with Gasteiger partial charge in [-0.25, -0.2) is 4.90 Å². The van der Waals surface area contributed by atoms with E-state index in [0.717, 1.165) is 36.9 Å². The van der Waals surface area contributed by atoms with E-state index in [0.29, 0.717) is 42.0 Å². The molecule has 25 heavy (non-hydrogen) atoms. The van der Waals surface area contributed by atoms with Gasteiger partial charge in [0.1, 0.15) is 5.75 Å². The van der Waals surface area contributed by atoms with Crippen LogP contribution in [0.5, 0.6) is 5.75 Å². The Hall–Kier alpha value is -2.63. The van der Waals surface area contributed by atoms with Gasteiger partial charge in [0.05, 0.1) is 11.4 Å². The van der Waals surface area contributed by atoms with Crippen molar-refractivity contribution in [3.05, 3.63) is 28.8 Å². The Bertz CT molecular complexity index is 842. The van der Waals surface area contributed by atoms with Gasteiger partial charge in [-0.2, -0.15) is 0 Å². The Morgan fingerprint density at radius 1 is 0.880 bits per heavy atom. The molecule has 0 N–H and O–H groups in total. The smallest absolute Gasteiger partial charge is 0.265 e. The number of carbonyl (C=O) groups excluding carboxylic acids is 3. The molecule has 6 heteroatoms. The fourth-order valence-electron chi connectivity index (χ4n) is 4.42. The minimum atomic E-state index is -0.184. The van der Waals surface area contributed by atoms with E-state index in [-0.39, 0.29) is 24.3 Å². The molecule has 0 atom stereocenters. The minimum Gasteiger partial charge on any atom is -0.482 e. The highest BCUT2D eigenvalue weighted by atomic mass is 16.5. The van der Waals surface area contributed by atoms with E-state index in [1.807, 2.05) is 0 Å². The first-order valence-corrected chi connectivity index (χ1v) is 8.86. The number of anilines is 2. The summed E-state index contributed by atoms with van der Waals surface area (Å²) in [4.78, 5) is 41.0. The van der Waals surface area contributed by atoms with Crippen LogP contribution in [0.1, 0.15) is 37.7 Å². The highest BCUT2D eigenvalue weighted by molar-refractivity contribution is 6.33. The summed E-state index contributed by atoms with van der Waals surface area (Å²) < 4.78 is 5.56. The van der Waals surface area contributed by atoms with Gasteiger partial charge in [-0.15, -0.1) is 0 Å². The molecule has 5 rings (SSSR count). The molecule has 6 nitrogen and oxygen atoms in total. The molecule has 1 aromatic rings. The van der Waals surface area contributed by atoms with Gasteiger partial charge < -0.3 is 9.64 Å². The fraction of sp³-hybridized carbons (Fsp3) is 0.421. The Balaban J connectivity index is 1.64. The first-order valence-electron chi connectivity index (χ1n) is 8.86. The second-order valence-corrected chi connectivity index (χ2v) is 6.96. The summed E-state index contributed by atoms with van der Waals surface area (Å²) in [6.07, 6.45) is 4.83. The number of imide groups is 1. The molecular formula is C19H18N2O4. The van der Waals surface area contributed by atoms with E-state index in [1.54, 1.807) is 17.0 Å². The molecule has 1 aliphatic carbocycles. The van der Waals surface area contributed by atoms with Crippen LogP contribution in [0, 0.1) is 0 Å². The van der Waals surface area contributed by atoms with Crippen LogP contribution in [0.25, 0.3) is 0 Å². The highest BCUT2D eigenvalue weighted by Gasteiger charge is 2.42. The summed E-state index contributed by atoms with van der Waals surface area (Å²) in [5, 5.41) is 0. The molecular weight excluding hydrogens is 320 g/mol. The third-order valence-electron chi connectivity index (χ3n) is 5.58. The van der Waals surface area contributed by atoms with Gasteiger partial charge in [-0.3, -0.25) is 14.4 Å². The van der Waals surface area contributed by atoms with Crippen molar-refractivity contribution in [1.82, 2.24) is 0 Å². The second-order valence-electron chi connectivity index (χ2n) is 6.96. The molecule has 0 fully saturated rings. The summed E-state index contributed by atoms with van der Waals surface area (Å²) in [5.41, 5.74) is 3.59. The van der Waals surface area contributed by atoms with Crippen molar-refractivity contribution in [3.63, 3.8) is 0 Å². The lowest BCUT2D eigenvalue weighted by atomic mass is 9.93. The summed E-state index contributed by atoms with van der Waals surface area (Å²) in [6.45, 7) is 0.700. The van der Waals surface area contributed by atoms with E-state index in [9.17, 15) is 14.4 Å². The molecule has 0 bridgehead atoms. The fourth-order valence-corrected chi connectivity index (χ4v) is 4.42. The van der Waals surface area contributed by atoms with Gasteiger partial charge in [0, 0.05) is 23.3 Å². The predicted octanol–water partition coefficient (Wildman–Crippen LogP) is 2.10. The Kier molecular flexibility index (Phi) is 3.04. The van der Waals surface area contributed by atoms with Crippen LogP contribution in [0.4, 0.5) is 11.4 Å². The third kappa shape index (κ3) is 1.94. The van der Waals surface area contributed by atoms with Gasteiger partial charge in [-0.1, -0.05) is 0 Å². The van der Waals surface area contributed by atoms with Gasteiger partial charge >= 0.3 is 0 Å². The molecule has 1 aromatic carbocycles. The van der Waals surface area contributed by atoms with Crippen LogP contribution < -0.4 is 14.5 Å². The molecule has 4 aliphatic rings. The molecule has 0 saturated carbocycles. The number of hydrogen-bond acceptors (Lipinski definition) is 4. The number of amides is 3. The zero-order valence-corrected chi connectivity index (χ0v) is 13.8. The maximum Gasteiger partial charge on any atom is 0.265 e. The topological polar surface area (TPSA) is 66.9 Å². The van der Waals surface area contributed by atoms with Crippen molar-refractivity contribution in [2.24, 2.45) is 0 Å². The molecule has 0 spiro atoms. The molecule has 3 heterocycles. The van der Waals surface area contributed by atoms with E-state index >= 15 is 0 Å². The SMILES string of the molecule is O=C1COc2ccc(N3C(=O)C4=C(CCCC4)C3=O)c3c2N1CCC3. The normalized spacial score (nSPS) is 22.2. The Morgan fingerprint density at radius 3 is 2.32 bits per heavy atom. The van der Waals surface area contributed by atoms with E-state index in [1.165, 1.54) is 4.90 Å². The van der Waals surface area contributed by atoms with Gasteiger partial charge in [-0.05, 0) is 50.7 Å². The summed E-state index contributed by atoms with van der Waals surface area (Å²) >= 11 is 0. The number of benzene rings is 1. The van der Waals surface area contributed by atoms with Crippen molar-refractivity contribution in [2.45, 2.75) is 38.5 Å². The third-order valence-corrected chi connectivity index (χ3v) is 5.58. The maximum atomic E-state index is 12.9. The van der Waals surface area contributed by atoms with E-state index < -0.39 is 0 Å². The van der Waals surface area contributed by atoms with Gasteiger partial charge in [0.25, 0.3) is 17.7 Å². The van der Waals surface area contributed by atoms with Crippen LogP contribution in [-0.4, -0.2) is 30.9 Å². The number of ether oxygens (including phenoxy) is 1. The average Bonchev–Trinajstić information content (AvgIpc) is 2.90. The molecule has 0 saturated heterocycles. The molecule has 3 amide bonds. The molecule has 0 aromatic heterocycles. The molecule has 128 valence electrons. The first-order chi connectivity index (χ1) is 12.2. The Morgan fingerprint density at radius 2 is 1.60 bits per heavy atom. The number of carbonyl (C=O) groups is 3. The predicted molar refractivity (Wildman–Crippen MR) is 90.6 cm³/mol. The van der Waals surface area contributed by atoms with Crippen LogP contribution in [0.15, 0.2) is 23.3 Å². The van der Waals surface area contributed by atoms with E-state index in [2.05, 4.69) is 0 Å². The summed E-state index contributed by atoms with van der Waals surface area (Å²) in [6, 6.07) is 3.57. The van der Waals surface area contributed by atoms with E-state index in [4.69, 9.17) is 4.74 Å². The number of rotatable bonds is 1. The van der Waals surface area contributed by atoms with Crippen LogP contribution in [-0.2, 0) is 20.8 Å². The maximum absolute atomic E-state index is 12.9. The molecule has 0 radical (unpaired) electrons. The average molecular weight is 338 g/mol. The van der Waals surface area contributed by atoms with Crippen LogP contribution in [0.2, 0.25) is 0 Å². The zero-order chi connectivity index (χ0) is 17.1. The lowest BCUT2D eigenvalue weighted by Gasteiger charge is -2.36. The minimum absolute atomic E-state index is 0.0449. The largest absolute Gasteiger partial charge is 0.482 e. The lowest BCUT2D eigenvalue weighted by Crippen LogP contribution is -2.43. The number of nitrogens with zero attached hydrogens (tertiary/aromatic N) is 2. The lowest BCUT2D eigenvalue weighted by molar-refractivity contribution is -0.122. The van der Waals surface area contributed by atoms with Crippen LogP contribution >= 0.6 is 0 Å².